The zero-order valence-corrected chi connectivity index (χ0v) is 11.9. The molecule has 0 saturated heterocycles. The van der Waals surface area contributed by atoms with Crippen LogP contribution in [0.4, 0.5) is 0 Å². The zero-order valence-electron chi connectivity index (χ0n) is 11.9. The monoisotopic (exact) mass is 275 g/mol. The number of methoxy groups -OCH3 is 4. The van der Waals surface area contributed by atoms with Gasteiger partial charge in [0.05, 0.1) is 12.7 Å². The van der Waals surface area contributed by atoms with Crippen molar-refractivity contribution in [1.82, 2.24) is 0 Å². The first kappa shape index (κ1) is 17.8. The van der Waals surface area contributed by atoms with E-state index in [2.05, 4.69) is 0 Å². The first-order chi connectivity index (χ1) is 9.05. The number of nitriles is 1. The summed E-state index contributed by atoms with van der Waals surface area (Å²) in [6.07, 6.45) is -2.92. The molecule has 0 amide bonds. The Morgan fingerprint density at radius 3 is 2.00 bits per heavy atom. The van der Waals surface area contributed by atoms with Gasteiger partial charge in [0, 0.05) is 35.4 Å². The van der Waals surface area contributed by atoms with E-state index in [9.17, 15) is 4.79 Å². The molecule has 7 nitrogen and oxygen atoms in total. The van der Waals surface area contributed by atoms with E-state index >= 15 is 0 Å². The van der Waals surface area contributed by atoms with Crippen molar-refractivity contribution in [2.45, 2.75) is 31.3 Å². The fourth-order valence-electron chi connectivity index (χ4n) is 1.76. The average molecular weight is 275 g/mol. The summed E-state index contributed by atoms with van der Waals surface area (Å²) in [5.74, 6) is -0.468. The van der Waals surface area contributed by atoms with Crippen LogP contribution in [0, 0.1) is 11.3 Å². The minimum atomic E-state index is -0.843. The summed E-state index contributed by atoms with van der Waals surface area (Å²) >= 11 is 0. The number of hydrogen-bond acceptors (Lipinski definition) is 7. The highest BCUT2D eigenvalue weighted by atomic mass is 16.6. The molecule has 0 aliphatic heterocycles. The third-order valence-corrected chi connectivity index (χ3v) is 2.56. The second kappa shape index (κ2) is 9.69. The molecule has 0 aromatic heterocycles. The lowest BCUT2D eigenvalue weighted by Gasteiger charge is -2.32. The van der Waals surface area contributed by atoms with Crippen LogP contribution in [-0.2, 0) is 28.5 Å². The largest absolute Gasteiger partial charge is 0.457 e. The van der Waals surface area contributed by atoms with E-state index in [0.29, 0.717) is 0 Å². The molecule has 19 heavy (non-hydrogen) atoms. The van der Waals surface area contributed by atoms with E-state index in [1.165, 1.54) is 35.4 Å². The summed E-state index contributed by atoms with van der Waals surface area (Å²) < 4.78 is 25.7. The van der Waals surface area contributed by atoms with Crippen LogP contribution in [0.15, 0.2) is 0 Å². The lowest BCUT2D eigenvalue weighted by atomic mass is 10.0. The van der Waals surface area contributed by atoms with Gasteiger partial charge in [-0.1, -0.05) is 0 Å². The molecule has 0 spiro atoms. The number of carbonyl (C=O) groups excluding carboxylic acids is 1. The van der Waals surface area contributed by atoms with E-state index < -0.39 is 30.4 Å². The standard InChI is InChI=1S/C12H21NO6/c1-8(14)19-10(7-15-2)12(18-5)11(17-4)9(6-13)16-3/h9-12H,7H2,1-5H3/t9-,10+,11+,12-/m0/s1. The SMILES string of the molecule is COC[C@@H](OC(C)=O)[C@H](OC)[C@H](OC)[C@H](C#N)OC. The second-order valence-corrected chi connectivity index (χ2v) is 3.79. The lowest BCUT2D eigenvalue weighted by Crippen LogP contribution is -2.50. The van der Waals surface area contributed by atoms with Crippen LogP contribution in [0.5, 0.6) is 0 Å². The van der Waals surface area contributed by atoms with Gasteiger partial charge < -0.3 is 23.7 Å². The Bertz CT molecular complexity index is 303. The maximum Gasteiger partial charge on any atom is 0.303 e. The van der Waals surface area contributed by atoms with Crippen molar-refractivity contribution in [2.24, 2.45) is 0 Å². The minimum Gasteiger partial charge on any atom is -0.457 e. The van der Waals surface area contributed by atoms with Crippen molar-refractivity contribution >= 4 is 5.97 Å². The van der Waals surface area contributed by atoms with Crippen molar-refractivity contribution in [3.8, 4) is 6.07 Å². The van der Waals surface area contributed by atoms with Gasteiger partial charge in [-0.25, -0.2) is 0 Å². The van der Waals surface area contributed by atoms with Crippen LogP contribution in [0.25, 0.3) is 0 Å². The van der Waals surface area contributed by atoms with Gasteiger partial charge in [0.15, 0.2) is 12.2 Å². The second-order valence-electron chi connectivity index (χ2n) is 3.79. The van der Waals surface area contributed by atoms with Crippen LogP contribution < -0.4 is 0 Å². The highest BCUT2D eigenvalue weighted by Gasteiger charge is 2.37. The quantitative estimate of drug-likeness (QED) is 0.553. The Kier molecular flexibility index (Phi) is 9.08. The molecule has 4 atom stereocenters. The van der Waals surface area contributed by atoms with Crippen molar-refractivity contribution in [3.05, 3.63) is 0 Å². The highest BCUT2D eigenvalue weighted by molar-refractivity contribution is 5.66. The first-order valence-electron chi connectivity index (χ1n) is 5.69. The smallest absolute Gasteiger partial charge is 0.303 e. The molecule has 110 valence electrons. The Morgan fingerprint density at radius 2 is 1.68 bits per heavy atom. The van der Waals surface area contributed by atoms with Crippen molar-refractivity contribution in [3.63, 3.8) is 0 Å². The maximum absolute atomic E-state index is 11.1. The van der Waals surface area contributed by atoms with E-state index in [1.807, 2.05) is 6.07 Å². The minimum absolute atomic E-state index is 0.125. The number of hydrogen-bond donors (Lipinski definition) is 0. The third kappa shape index (κ3) is 5.53. The lowest BCUT2D eigenvalue weighted by molar-refractivity contribution is -0.175. The molecule has 0 aromatic carbocycles. The van der Waals surface area contributed by atoms with Gasteiger partial charge >= 0.3 is 5.97 Å². The van der Waals surface area contributed by atoms with Crippen LogP contribution in [-0.4, -0.2) is 65.4 Å². The maximum atomic E-state index is 11.1. The Balaban J connectivity index is 5.07. The summed E-state index contributed by atoms with van der Waals surface area (Å²) in [4.78, 5) is 11.1. The molecule has 0 unspecified atom stereocenters. The molecular formula is C12H21NO6. The summed E-state index contributed by atoms with van der Waals surface area (Å²) in [5.41, 5.74) is 0. The Hall–Kier alpha value is -1.20. The molecule has 0 aromatic rings. The summed E-state index contributed by atoms with van der Waals surface area (Å²) in [6, 6.07) is 1.96. The van der Waals surface area contributed by atoms with Crippen LogP contribution >= 0.6 is 0 Å². The van der Waals surface area contributed by atoms with Crippen LogP contribution in [0.2, 0.25) is 0 Å². The molecule has 0 aliphatic rings. The molecule has 0 bridgehead atoms. The number of carbonyl (C=O) groups is 1. The number of ether oxygens (including phenoxy) is 5. The third-order valence-electron chi connectivity index (χ3n) is 2.56. The Labute approximate surface area is 113 Å². The molecule has 0 N–H and O–H groups in total. The van der Waals surface area contributed by atoms with Gasteiger partial charge in [0.2, 0.25) is 0 Å². The van der Waals surface area contributed by atoms with Gasteiger partial charge in [-0.05, 0) is 0 Å². The molecule has 0 fully saturated rings. The highest BCUT2D eigenvalue weighted by Crippen LogP contribution is 2.16. The number of nitrogens with zero attached hydrogens (tertiary/aromatic N) is 1. The van der Waals surface area contributed by atoms with Gasteiger partial charge in [-0.3, -0.25) is 4.79 Å². The molecule has 0 rings (SSSR count). The molecule has 0 aliphatic carbocycles. The number of esters is 1. The normalized spacial score (nSPS) is 17.1. The van der Waals surface area contributed by atoms with Crippen LogP contribution in [0.1, 0.15) is 6.92 Å². The van der Waals surface area contributed by atoms with E-state index in [4.69, 9.17) is 28.9 Å². The van der Waals surface area contributed by atoms with Gasteiger partial charge in [-0.2, -0.15) is 5.26 Å². The predicted molar refractivity (Wildman–Crippen MR) is 65.4 cm³/mol. The predicted octanol–water partition coefficient (Wildman–Crippen LogP) is 0.133. The average Bonchev–Trinajstić information content (AvgIpc) is 2.38. The summed E-state index contributed by atoms with van der Waals surface area (Å²) in [5, 5.41) is 9.02. The zero-order chi connectivity index (χ0) is 14.8. The van der Waals surface area contributed by atoms with E-state index in [1.54, 1.807) is 0 Å². The van der Waals surface area contributed by atoms with Crippen LogP contribution in [0.3, 0.4) is 0 Å². The van der Waals surface area contributed by atoms with E-state index in [0.717, 1.165) is 0 Å². The summed E-state index contributed by atoms with van der Waals surface area (Å²) in [7, 11) is 5.73. The fourth-order valence-corrected chi connectivity index (χ4v) is 1.76. The topological polar surface area (TPSA) is 87.0 Å². The first-order valence-corrected chi connectivity index (χ1v) is 5.69. The molecule has 0 radical (unpaired) electrons. The van der Waals surface area contributed by atoms with Crippen molar-refractivity contribution in [2.75, 3.05) is 35.0 Å². The van der Waals surface area contributed by atoms with Gasteiger partial charge in [0.25, 0.3) is 0 Å². The van der Waals surface area contributed by atoms with Gasteiger partial charge in [0.1, 0.15) is 12.2 Å². The van der Waals surface area contributed by atoms with Crippen molar-refractivity contribution in [1.29, 1.82) is 5.26 Å². The molecular weight excluding hydrogens is 254 g/mol. The molecule has 7 heteroatoms. The summed E-state index contributed by atoms with van der Waals surface area (Å²) in [6.45, 7) is 1.41. The Morgan fingerprint density at radius 1 is 1.11 bits per heavy atom. The fraction of sp³-hybridized carbons (Fsp3) is 0.833. The van der Waals surface area contributed by atoms with Crippen molar-refractivity contribution < 1.29 is 28.5 Å². The van der Waals surface area contributed by atoms with E-state index in [-0.39, 0.29) is 6.61 Å². The molecule has 0 saturated carbocycles. The molecule has 0 heterocycles. The van der Waals surface area contributed by atoms with Gasteiger partial charge in [-0.15, -0.1) is 0 Å². The number of rotatable bonds is 9.